The van der Waals surface area contributed by atoms with Gasteiger partial charge in [-0.05, 0) is 18.5 Å². The molecule has 3 rings (SSSR count). The minimum atomic E-state index is 0.805. The number of anilines is 1. The van der Waals surface area contributed by atoms with Crippen LogP contribution in [0.5, 0.6) is 0 Å². The first kappa shape index (κ1) is 12.2. The van der Waals surface area contributed by atoms with Gasteiger partial charge in [0.2, 0.25) is 5.95 Å². The van der Waals surface area contributed by atoms with Crippen LogP contribution in [-0.4, -0.2) is 41.4 Å². The Kier molecular flexibility index (Phi) is 3.74. The maximum absolute atomic E-state index is 4.60. The minimum absolute atomic E-state index is 0.805. The van der Waals surface area contributed by atoms with Crippen LogP contribution < -0.4 is 10.2 Å². The molecular formula is C14H19N5. The van der Waals surface area contributed by atoms with Gasteiger partial charge < -0.3 is 10.2 Å². The predicted molar refractivity (Wildman–Crippen MR) is 75.3 cm³/mol. The third-order valence-corrected chi connectivity index (χ3v) is 3.36. The van der Waals surface area contributed by atoms with Crippen LogP contribution in [0.25, 0.3) is 0 Å². The lowest BCUT2D eigenvalue weighted by Gasteiger charge is -2.16. The second-order valence-electron chi connectivity index (χ2n) is 4.84. The molecule has 0 amide bonds. The maximum atomic E-state index is 4.60. The summed E-state index contributed by atoms with van der Waals surface area (Å²) in [6.07, 6.45) is 1.95. The molecule has 5 heteroatoms. The Balaban J connectivity index is 1.68. The van der Waals surface area contributed by atoms with E-state index in [9.17, 15) is 0 Å². The highest BCUT2D eigenvalue weighted by Crippen LogP contribution is 2.11. The molecule has 1 aliphatic heterocycles. The number of hydrogen-bond donors (Lipinski definition) is 2. The van der Waals surface area contributed by atoms with Crippen molar-refractivity contribution in [1.29, 1.82) is 0 Å². The number of aromatic amines is 1. The van der Waals surface area contributed by atoms with E-state index in [-0.39, 0.29) is 0 Å². The van der Waals surface area contributed by atoms with E-state index in [1.165, 1.54) is 5.56 Å². The zero-order chi connectivity index (χ0) is 12.9. The lowest BCUT2D eigenvalue weighted by molar-refractivity contribution is 0.724. The third-order valence-electron chi connectivity index (χ3n) is 3.36. The van der Waals surface area contributed by atoms with Crippen LogP contribution in [0, 0.1) is 0 Å². The summed E-state index contributed by atoms with van der Waals surface area (Å²) in [7, 11) is 0. The maximum Gasteiger partial charge on any atom is 0.244 e. The van der Waals surface area contributed by atoms with Gasteiger partial charge in [-0.25, -0.2) is 0 Å². The van der Waals surface area contributed by atoms with E-state index < -0.39 is 0 Å². The molecule has 100 valence electrons. The van der Waals surface area contributed by atoms with Crippen LogP contribution in [0.3, 0.4) is 0 Å². The molecule has 1 aromatic carbocycles. The number of aromatic nitrogens is 3. The molecule has 5 nitrogen and oxygen atoms in total. The molecule has 1 saturated heterocycles. The fraction of sp³-hybridized carbons (Fsp3) is 0.429. The summed E-state index contributed by atoms with van der Waals surface area (Å²) < 4.78 is 0. The summed E-state index contributed by atoms with van der Waals surface area (Å²) >= 11 is 0. The van der Waals surface area contributed by atoms with Gasteiger partial charge in [0.15, 0.2) is 0 Å². The van der Waals surface area contributed by atoms with Gasteiger partial charge in [-0.3, -0.25) is 5.10 Å². The number of benzene rings is 1. The van der Waals surface area contributed by atoms with Gasteiger partial charge in [0.25, 0.3) is 0 Å². The van der Waals surface area contributed by atoms with Crippen LogP contribution in [0.2, 0.25) is 0 Å². The molecule has 2 heterocycles. The molecule has 2 N–H and O–H groups in total. The van der Waals surface area contributed by atoms with Crippen LogP contribution in [-0.2, 0) is 6.42 Å². The Morgan fingerprint density at radius 2 is 2.00 bits per heavy atom. The molecule has 1 aromatic heterocycles. The first-order valence-electron chi connectivity index (χ1n) is 6.83. The minimum Gasteiger partial charge on any atom is -0.338 e. The van der Waals surface area contributed by atoms with Crippen molar-refractivity contribution in [3.05, 3.63) is 41.7 Å². The highest BCUT2D eigenvalue weighted by molar-refractivity contribution is 5.30. The average molecular weight is 257 g/mol. The highest BCUT2D eigenvalue weighted by atomic mass is 15.4. The Labute approximate surface area is 113 Å². The molecule has 1 aliphatic rings. The van der Waals surface area contributed by atoms with Crippen molar-refractivity contribution in [2.75, 3.05) is 31.1 Å². The van der Waals surface area contributed by atoms with Crippen molar-refractivity contribution in [3.63, 3.8) is 0 Å². The molecule has 0 saturated carbocycles. The summed E-state index contributed by atoms with van der Waals surface area (Å²) in [5.41, 5.74) is 1.25. The van der Waals surface area contributed by atoms with Gasteiger partial charge in [0.05, 0.1) is 0 Å². The second kappa shape index (κ2) is 5.84. The third kappa shape index (κ3) is 3.12. The Hall–Kier alpha value is -1.88. The van der Waals surface area contributed by atoms with E-state index in [0.29, 0.717) is 0 Å². The molecule has 0 aliphatic carbocycles. The van der Waals surface area contributed by atoms with Gasteiger partial charge in [0.1, 0.15) is 5.82 Å². The van der Waals surface area contributed by atoms with Crippen molar-refractivity contribution in [2.45, 2.75) is 12.8 Å². The van der Waals surface area contributed by atoms with Crippen LogP contribution in [0.1, 0.15) is 17.8 Å². The van der Waals surface area contributed by atoms with E-state index in [0.717, 1.165) is 50.8 Å². The summed E-state index contributed by atoms with van der Waals surface area (Å²) in [4.78, 5) is 6.84. The quantitative estimate of drug-likeness (QED) is 0.867. The first-order valence-corrected chi connectivity index (χ1v) is 6.83. The van der Waals surface area contributed by atoms with E-state index >= 15 is 0 Å². The monoisotopic (exact) mass is 257 g/mol. The zero-order valence-electron chi connectivity index (χ0n) is 11.0. The normalized spacial score (nSPS) is 16.3. The SMILES string of the molecule is c1ccc(Cc2nc(N3CCCNCC3)n[nH]2)cc1. The van der Waals surface area contributed by atoms with Crippen molar-refractivity contribution >= 4 is 5.95 Å². The number of rotatable bonds is 3. The van der Waals surface area contributed by atoms with Gasteiger partial charge in [-0.15, -0.1) is 5.10 Å². The summed E-state index contributed by atoms with van der Waals surface area (Å²) in [6.45, 7) is 4.08. The highest BCUT2D eigenvalue weighted by Gasteiger charge is 2.14. The molecule has 2 aromatic rings. The molecule has 19 heavy (non-hydrogen) atoms. The van der Waals surface area contributed by atoms with E-state index in [2.05, 4.69) is 37.5 Å². The second-order valence-corrected chi connectivity index (χ2v) is 4.84. The number of nitrogens with zero attached hydrogens (tertiary/aromatic N) is 3. The predicted octanol–water partition coefficient (Wildman–Crippen LogP) is 1.20. The van der Waals surface area contributed by atoms with Crippen molar-refractivity contribution in [2.24, 2.45) is 0 Å². The smallest absolute Gasteiger partial charge is 0.244 e. The fourth-order valence-electron chi connectivity index (χ4n) is 2.34. The summed E-state index contributed by atoms with van der Waals surface area (Å²) in [5, 5.41) is 10.8. The molecule has 0 atom stereocenters. The van der Waals surface area contributed by atoms with E-state index in [1.807, 2.05) is 18.2 Å². The van der Waals surface area contributed by atoms with Crippen molar-refractivity contribution in [1.82, 2.24) is 20.5 Å². The summed E-state index contributed by atoms with van der Waals surface area (Å²) in [5.74, 6) is 1.76. The lowest BCUT2D eigenvalue weighted by Crippen LogP contribution is -2.28. The van der Waals surface area contributed by atoms with E-state index in [1.54, 1.807) is 0 Å². The van der Waals surface area contributed by atoms with Gasteiger partial charge >= 0.3 is 0 Å². The largest absolute Gasteiger partial charge is 0.338 e. The zero-order valence-corrected chi connectivity index (χ0v) is 11.0. The number of nitrogens with one attached hydrogen (secondary N) is 2. The Morgan fingerprint density at radius 1 is 1.11 bits per heavy atom. The number of H-pyrrole nitrogens is 1. The lowest BCUT2D eigenvalue weighted by atomic mass is 10.1. The van der Waals surface area contributed by atoms with Crippen molar-refractivity contribution < 1.29 is 0 Å². The molecule has 0 bridgehead atoms. The van der Waals surface area contributed by atoms with Gasteiger partial charge in [0, 0.05) is 26.1 Å². The number of hydrogen-bond acceptors (Lipinski definition) is 4. The first-order chi connectivity index (χ1) is 9.42. The summed E-state index contributed by atoms with van der Waals surface area (Å²) in [6, 6.07) is 10.3. The van der Waals surface area contributed by atoms with Crippen LogP contribution in [0.4, 0.5) is 5.95 Å². The Morgan fingerprint density at radius 3 is 2.89 bits per heavy atom. The standard InChI is InChI=1S/C14H19N5/c1-2-5-12(6-3-1)11-13-16-14(18-17-13)19-9-4-7-15-8-10-19/h1-3,5-6,15H,4,7-11H2,(H,16,17,18). The molecule has 0 spiro atoms. The van der Waals surface area contributed by atoms with E-state index in [4.69, 9.17) is 0 Å². The van der Waals surface area contributed by atoms with Crippen LogP contribution in [0.15, 0.2) is 30.3 Å². The van der Waals surface area contributed by atoms with Crippen molar-refractivity contribution in [3.8, 4) is 0 Å². The average Bonchev–Trinajstić information content (AvgIpc) is 2.74. The molecular weight excluding hydrogens is 238 g/mol. The topological polar surface area (TPSA) is 56.8 Å². The molecule has 0 unspecified atom stereocenters. The van der Waals surface area contributed by atoms with Crippen LogP contribution >= 0.6 is 0 Å². The molecule has 1 fully saturated rings. The fourth-order valence-corrected chi connectivity index (χ4v) is 2.34. The van der Waals surface area contributed by atoms with Gasteiger partial charge in [-0.1, -0.05) is 30.3 Å². The van der Waals surface area contributed by atoms with Gasteiger partial charge in [-0.2, -0.15) is 4.98 Å². The molecule has 0 radical (unpaired) electrons. The Bertz CT molecular complexity index is 500.